The van der Waals surface area contributed by atoms with Crippen molar-refractivity contribution in [3.05, 3.63) is 83.1 Å². The van der Waals surface area contributed by atoms with Gasteiger partial charge < -0.3 is 0 Å². The molecule has 194 valence electrons. The zero-order valence-corrected chi connectivity index (χ0v) is 22.1. The third kappa shape index (κ3) is 6.26. The Morgan fingerprint density at radius 3 is 2.54 bits per heavy atom. The summed E-state index contributed by atoms with van der Waals surface area (Å²) in [6.07, 6.45) is 5.15. The van der Waals surface area contributed by atoms with Crippen molar-refractivity contribution in [3.63, 3.8) is 0 Å². The van der Waals surface area contributed by atoms with E-state index < -0.39 is 7.94 Å². The van der Waals surface area contributed by atoms with Crippen molar-refractivity contribution >= 4 is 31.1 Å². The number of halogens is 1. The third-order valence-corrected chi connectivity index (χ3v) is 8.44. The molecule has 5 rings (SSSR count). The van der Waals surface area contributed by atoms with Gasteiger partial charge in [-0.15, -0.1) is 0 Å². The molecule has 0 atom stereocenters. The molecule has 1 fully saturated rings. The Bertz CT molecular complexity index is 1360. The maximum absolute atomic E-state index is 12.7. The van der Waals surface area contributed by atoms with E-state index in [2.05, 4.69) is 15.3 Å². The van der Waals surface area contributed by atoms with Crippen LogP contribution in [0, 0.1) is 6.92 Å². The normalized spacial score (nSPS) is 15.9. The fraction of sp³-hybridized carbons (Fsp3) is 0.269. The molecule has 3 heterocycles. The second-order valence-electron chi connectivity index (χ2n) is 8.80. The van der Waals surface area contributed by atoms with E-state index in [1.165, 1.54) is 0 Å². The van der Waals surface area contributed by atoms with Gasteiger partial charge in [0, 0.05) is 17.4 Å². The van der Waals surface area contributed by atoms with Gasteiger partial charge in [0.2, 0.25) is 0 Å². The summed E-state index contributed by atoms with van der Waals surface area (Å²) in [5.41, 5.74) is 3.06. The SMILES string of the molecule is Cc1nccn1-c1nc(-c2ccc(Cl)cc2)c(CCC(=O)Nc2ccc(C[PH]3(O)OCCCO3)cc2)o1. The molecule has 11 heteroatoms. The molecule has 0 radical (unpaired) electrons. The van der Waals surface area contributed by atoms with Crippen LogP contribution in [-0.4, -0.2) is 38.5 Å². The molecule has 0 unspecified atom stereocenters. The molecule has 9 nitrogen and oxygen atoms in total. The summed E-state index contributed by atoms with van der Waals surface area (Å²) in [7, 11) is -3.15. The van der Waals surface area contributed by atoms with E-state index in [9.17, 15) is 9.69 Å². The number of hydrogen-bond donors (Lipinski definition) is 2. The maximum atomic E-state index is 12.7. The van der Waals surface area contributed by atoms with Crippen LogP contribution in [0.15, 0.2) is 65.3 Å². The van der Waals surface area contributed by atoms with Crippen LogP contribution in [-0.2, 0) is 26.4 Å². The molecule has 1 aliphatic heterocycles. The number of nitrogens with one attached hydrogen (secondary N) is 1. The molecular weight excluding hydrogens is 515 g/mol. The third-order valence-electron chi connectivity index (χ3n) is 6.02. The molecule has 0 aliphatic carbocycles. The Morgan fingerprint density at radius 2 is 1.86 bits per heavy atom. The molecule has 0 spiro atoms. The summed E-state index contributed by atoms with van der Waals surface area (Å²) in [4.78, 5) is 32.2. The van der Waals surface area contributed by atoms with Crippen LogP contribution >= 0.6 is 19.5 Å². The minimum absolute atomic E-state index is 0.154. The predicted molar refractivity (Wildman–Crippen MR) is 143 cm³/mol. The number of amides is 1. The average Bonchev–Trinajstić information content (AvgIpc) is 3.50. The number of carbonyl (C=O) groups is 1. The minimum atomic E-state index is -3.15. The van der Waals surface area contributed by atoms with Crippen LogP contribution in [0.4, 0.5) is 5.69 Å². The Labute approximate surface area is 220 Å². The first kappa shape index (κ1) is 25.6. The number of carbonyl (C=O) groups excluding carboxylic acids is 1. The zero-order chi connectivity index (χ0) is 25.8. The Kier molecular flexibility index (Phi) is 7.69. The van der Waals surface area contributed by atoms with Crippen molar-refractivity contribution in [1.82, 2.24) is 14.5 Å². The monoisotopic (exact) mass is 542 g/mol. The molecule has 1 saturated heterocycles. The number of imidazole rings is 1. The van der Waals surface area contributed by atoms with Gasteiger partial charge in [-0.3, -0.25) is 4.57 Å². The van der Waals surface area contributed by atoms with Crippen LogP contribution in [0.3, 0.4) is 0 Å². The fourth-order valence-corrected chi connectivity index (χ4v) is 6.20. The van der Waals surface area contributed by atoms with E-state index in [1.807, 2.05) is 31.2 Å². The van der Waals surface area contributed by atoms with Gasteiger partial charge in [0.25, 0.3) is 0 Å². The number of anilines is 1. The molecule has 1 aliphatic rings. The van der Waals surface area contributed by atoms with Gasteiger partial charge in [0.1, 0.15) is 5.82 Å². The molecule has 0 bridgehead atoms. The Morgan fingerprint density at radius 1 is 1.14 bits per heavy atom. The van der Waals surface area contributed by atoms with E-state index in [4.69, 9.17) is 25.1 Å². The fourth-order valence-electron chi connectivity index (χ4n) is 4.11. The number of rotatable bonds is 8. The van der Waals surface area contributed by atoms with Gasteiger partial charge in [-0.1, -0.05) is 23.7 Å². The predicted octanol–water partition coefficient (Wildman–Crippen LogP) is 5.48. The van der Waals surface area contributed by atoms with Gasteiger partial charge in [0.15, 0.2) is 0 Å². The molecule has 4 aromatic rings. The summed E-state index contributed by atoms with van der Waals surface area (Å²) in [6.45, 7) is 2.90. The molecule has 2 aromatic heterocycles. The van der Waals surface area contributed by atoms with Gasteiger partial charge >= 0.3 is 144 Å². The first-order valence-electron chi connectivity index (χ1n) is 12.0. The zero-order valence-electron chi connectivity index (χ0n) is 20.3. The molecule has 2 N–H and O–H groups in total. The quantitative estimate of drug-likeness (QED) is 0.283. The van der Waals surface area contributed by atoms with Gasteiger partial charge in [-0.2, -0.15) is 0 Å². The summed E-state index contributed by atoms with van der Waals surface area (Å²) in [6, 6.07) is 15.1. The van der Waals surface area contributed by atoms with E-state index in [0.29, 0.717) is 54.0 Å². The van der Waals surface area contributed by atoms with Gasteiger partial charge in [-0.05, 0) is 19.1 Å². The van der Waals surface area contributed by atoms with E-state index in [1.54, 1.807) is 41.2 Å². The number of oxazole rings is 1. The molecule has 1 amide bonds. The van der Waals surface area contributed by atoms with Crippen LogP contribution in [0.1, 0.15) is 30.0 Å². The summed E-state index contributed by atoms with van der Waals surface area (Å²) < 4.78 is 18.8. The Hall–Kier alpha value is -3.07. The topological polar surface area (TPSA) is 112 Å². The molecule has 2 aromatic carbocycles. The van der Waals surface area contributed by atoms with Crippen LogP contribution in [0.25, 0.3) is 17.3 Å². The van der Waals surface area contributed by atoms with Crippen molar-refractivity contribution in [1.29, 1.82) is 0 Å². The number of aryl methyl sites for hydroxylation is 2. The van der Waals surface area contributed by atoms with Gasteiger partial charge in [0.05, 0.1) is 0 Å². The van der Waals surface area contributed by atoms with Crippen LogP contribution < -0.4 is 5.32 Å². The van der Waals surface area contributed by atoms with Crippen molar-refractivity contribution < 1.29 is 23.2 Å². The molecule has 37 heavy (non-hydrogen) atoms. The van der Waals surface area contributed by atoms with Crippen LogP contribution in [0.2, 0.25) is 5.02 Å². The first-order chi connectivity index (χ1) is 17.9. The van der Waals surface area contributed by atoms with Crippen molar-refractivity contribution in [2.24, 2.45) is 0 Å². The number of benzene rings is 2. The molecular formula is C26H28ClN4O5P. The number of aromatic nitrogens is 3. The second kappa shape index (κ2) is 11.1. The number of nitrogens with zero attached hydrogens (tertiary/aromatic N) is 3. The van der Waals surface area contributed by atoms with Crippen molar-refractivity contribution in [2.45, 2.75) is 32.3 Å². The summed E-state index contributed by atoms with van der Waals surface area (Å²) in [5.74, 6) is 1.19. The standard InChI is InChI=1S/C26H28ClN4O5P/c1-18-28-13-14-31(18)26-30-25(20-5-7-21(27)8-6-20)23(36-26)11-12-24(32)29-22-9-3-19(4-10-22)17-37(33)34-15-2-16-35-37/h3-10,13-14,33,37H,2,11-12,15-17H2,1H3,(H,29,32). The Balaban J connectivity index is 1.25. The van der Waals surface area contributed by atoms with E-state index in [0.717, 1.165) is 23.4 Å². The number of hydrogen-bond acceptors (Lipinski definition) is 7. The average molecular weight is 543 g/mol. The van der Waals surface area contributed by atoms with Crippen LogP contribution in [0.5, 0.6) is 0 Å². The van der Waals surface area contributed by atoms with E-state index in [-0.39, 0.29) is 12.3 Å². The van der Waals surface area contributed by atoms with E-state index >= 15 is 0 Å². The van der Waals surface area contributed by atoms with Crippen molar-refractivity contribution in [2.75, 3.05) is 18.5 Å². The van der Waals surface area contributed by atoms with Gasteiger partial charge in [-0.25, -0.2) is 4.98 Å². The second-order valence-corrected chi connectivity index (χ2v) is 11.6. The first-order valence-corrected chi connectivity index (χ1v) is 14.4. The summed E-state index contributed by atoms with van der Waals surface area (Å²) in [5, 5.41) is 3.54. The van der Waals surface area contributed by atoms with Crippen molar-refractivity contribution in [3.8, 4) is 17.3 Å². The summed E-state index contributed by atoms with van der Waals surface area (Å²) >= 11 is 6.06. The molecule has 0 saturated carbocycles.